The van der Waals surface area contributed by atoms with Crippen molar-refractivity contribution in [2.45, 2.75) is 32.0 Å². The Kier molecular flexibility index (Phi) is 9.82. The van der Waals surface area contributed by atoms with Crippen molar-refractivity contribution in [2.75, 3.05) is 52.9 Å². The highest BCUT2D eigenvalue weighted by Gasteiger charge is 2.38. The second-order valence-electron chi connectivity index (χ2n) is 6.66. The van der Waals surface area contributed by atoms with Gasteiger partial charge in [0.15, 0.2) is 0 Å². The number of carbonyl (C=O) groups is 4. The van der Waals surface area contributed by atoms with Gasteiger partial charge in [-0.25, -0.2) is 9.59 Å². The molecule has 1 unspecified atom stereocenters. The predicted molar refractivity (Wildman–Crippen MR) is 97.5 cm³/mol. The van der Waals surface area contributed by atoms with Crippen molar-refractivity contribution in [3.05, 3.63) is 0 Å². The fourth-order valence-electron chi connectivity index (χ4n) is 2.97. The van der Waals surface area contributed by atoms with Crippen LogP contribution in [0.3, 0.4) is 0 Å². The molecule has 2 fully saturated rings. The quantitative estimate of drug-likeness (QED) is 0.586. The smallest absolute Gasteiger partial charge is 0.475 e. The van der Waals surface area contributed by atoms with Gasteiger partial charge in [0.2, 0.25) is 0 Å². The fourth-order valence-corrected chi connectivity index (χ4v) is 2.97. The highest BCUT2D eigenvalue weighted by Crippen LogP contribution is 2.13. The van der Waals surface area contributed by atoms with Crippen molar-refractivity contribution in [2.24, 2.45) is 0 Å². The van der Waals surface area contributed by atoms with E-state index in [4.69, 9.17) is 14.6 Å². The average molecular weight is 440 g/mol. The lowest BCUT2D eigenvalue weighted by Crippen LogP contribution is -2.56. The van der Waals surface area contributed by atoms with Crippen molar-refractivity contribution >= 4 is 23.9 Å². The standard InChI is InChI=1S/C15H26N4O4.C2HF3O2/c1-3-23-15(22)18-9-7-17(8-10-18)13(20)14(21)19-6-4-5-12(11-19)16-2;3-2(4,5)1(6)7/h12,16H,3-11H2,1-2H3;(H,6,7). The Morgan fingerprint density at radius 3 is 1.97 bits per heavy atom. The van der Waals surface area contributed by atoms with Gasteiger partial charge in [-0.1, -0.05) is 0 Å². The first-order valence-corrected chi connectivity index (χ1v) is 9.48. The van der Waals surface area contributed by atoms with Gasteiger partial charge in [0, 0.05) is 45.3 Å². The number of halogens is 3. The molecule has 0 aliphatic carbocycles. The minimum Gasteiger partial charge on any atom is -0.475 e. The van der Waals surface area contributed by atoms with Gasteiger partial charge in [0.25, 0.3) is 0 Å². The van der Waals surface area contributed by atoms with Crippen LogP contribution in [0.4, 0.5) is 18.0 Å². The molecular formula is C17H27F3N4O6. The SMILES string of the molecule is CCOC(=O)N1CCN(C(=O)C(=O)N2CCCC(NC)C2)CC1.O=C(O)C(F)(F)F. The predicted octanol–water partition coefficient (Wildman–Crippen LogP) is 0.131. The van der Waals surface area contributed by atoms with Crippen LogP contribution in [-0.4, -0.2) is 109 Å². The Morgan fingerprint density at radius 2 is 1.50 bits per heavy atom. The van der Waals surface area contributed by atoms with Crippen LogP contribution in [0, 0.1) is 0 Å². The van der Waals surface area contributed by atoms with Crippen LogP contribution < -0.4 is 5.32 Å². The molecule has 2 aliphatic heterocycles. The Labute approximate surface area is 171 Å². The van der Waals surface area contributed by atoms with Crippen LogP contribution in [0.5, 0.6) is 0 Å². The van der Waals surface area contributed by atoms with Gasteiger partial charge in [-0.05, 0) is 26.8 Å². The van der Waals surface area contributed by atoms with Gasteiger partial charge in [0.1, 0.15) is 0 Å². The molecule has 0 saturated carbocycles. The minimum absolute atomic E-state index is 0.251. The lowest BCUT2D eigenvalue weighted by Gasteiger charge is -2.36. The number of ether oxygens (including phenoxy) is 1. The van der Waals surface area contributed by atoms with Crippen LogP contribution in [0.15, 0.2) is 0 Å². The molecule has 0 aromatic carbocycles. The molecule has 2 N–H and O–H groups in total. The van der Waals surface area contributed by atoms with E-state index in [1.54, 1.807) is 16.7 Å². The minimum atomic E-state index is -5.08. The third-order valence-corrected chi connectivity index (χ3v) is 4.64. The number of likely N-dealkylation sites (tertiary alicyclic amines) is 1. The van der Waals surface area contributed by atoms with Gasteiger partial charge >= 0.3 is 30.1 Å². The third kappa shape index (κ3) is 7.69. The number of hydrogen-bond acceptors (Lipinski definition) is 6. The molecule has 30 heavy (non-hydrogen) atoms. The number of alkyl halides is 3. The summed E-state index contributed by atoms with van der Waals surface area (Å²) in [6.07, 6.45) is -3.52. The Bertz CT molecular complexity index is 623. The third-order valence-electron chi connectivity index (χ3n) is 4.64. The second kappa shape index (κ2) is 11.6. The molecule has 0 bridgehead atoms. The summed E-state index contributed by atoms with van der Waals surface area (Å²) in [7, 11) is 1.87. The topological polar surface area (TPSA) is 119 Å². The van der Waals surface area contributed by atoms with Crippen LogP contribution >= 0.6 is 0 Å². The molecule has 2 heterocycles. The average Bonchev–Trinajstić information content (AvgIpc) is 2.72. The zero-order valence-electron chi connectivity index (χ0n) is 16.9. The van der Waals surface area contributed by atoms with Crippen LogP contribution in [0.25, 0.3) is 0 Å². The molecule has 13 heteroatoms. The molecule has 0 spiro atoms. The van der Waals surface area contributed by atoms with Crippen molar-refractivity contribution in [3.63, 3.8) is 0 Å². The Hall–Kier alpha value is -2.57. The van der Waals surface area contributed by atoms with E-state index in [0.717, 1.165) is 12.8 Å². The molecule has 2 rings (SSSR count). The van der Waals surface area contributed by atoms with Gasteiger partial charge < -0.3 is 29.9 Å². The van der Waals surface area contributed by atoms with E-state index in [-0.39, 0.29) is 12.1 Å². The zero-order chi connectivity index (χ0) is 22.9. The van der Waals surface area contributed by atoms with Gasteiger partial charge in [-0.3, -0.25) is 9.59 Å². The Balaban J connectivity index is 0.000000553. The number of piperazine rings is 1. The van der Waals surface area contributed by atoms with E-state index >= 15 is 0 Å². The summed E-state index contributed by atoms with van der Waals surface area (Å²) < 4.78 is 36.7. The molecule has 0 aromatic heterocycles. The number of carbonyl (C=O) groups excluding carboxylic acids is 3. The van der Waals surface area contributed by atoms with Gasteiger partial charge in [0.05, 0.1) is 6.61 Å². The second-order valence-corrected chi connectivity index (χ2v) is 6.66. The monoisotopic (exact) mass is 440 g/mol. The van der Waals surface area contributed by atoms with Crippen LogP contribution in [0.1, 0.15) is 19.8 Å². The van der Waals surface area contributed by atoms with Crippen molar-refractivity contribution in [3.8, 4) is 0 Å². The molecule has 0 radical (unpaired) electrons. The summed E-state index contributed by atoms with van der Waals surface area (Å²) in [5.74, 6) is -3.66. The van der Waals surface area contributed by atoms with E-state index in [9.17, 15) is 27.6 Å². The van der Waals surface area contributed by atoms with Crippen LogP contribution in [-0.2, 0) is 19.1 Å². The summed E-state index contributed by atoms with van der Waals surface area (Å²) in [5.41, 5.74) is 0. The first-order valence-electron chi connectivity index (χ1n) is 9.48. The molecule has 2 saturated heterocycles. The molecule has 3 amide bonds. The first-order chi connectivity index (χ1) is 14.0. The van der Waals surface area contributed by atoms with E-state index in [2.05, 4.69) is 5.32 Å². The highest BCUT2D eigenvalue weighted by atomic mass is 19.4. The summed E-state index contributed by atoms with van der Waals surface area (Å²) >= 11 is 0. The van der Waals surface area contributed by atoms with Crippen LogP contribution in [0.2, 0.25) is 0 Å². The number of aliphatic carboxylic acids is 1. The van der Waals surface area contributed by atoms with E-state index in [0.29, 0.717) is 45.9 Å². The molecule has 172 valence electrons. The molecule has 0 aromatic rings. The number of amides is 3. The largest absolute Gasteiger partial charge is 0.490 e. The summed E-state index contributed by atoms with van der Waals surface area (Å²) in [6, 6.07) is 0.251. The summed E-state index contributed by atoms with van der Waals surface area (Å²) in [6.45, 7) is 4.83. The van der Waals surface area contributed by atoms with E-state index in [1.165, 1.54) is 4.90 Å². The number of piperidine rings is 1. The maximum Gasteiger partial charge on any atom is 0.490 e. The number of hydrogen-bond donors (Lipinski definition) is 2. The number of rotatable bonds is 2. The summed E-state index contributed by atoms with van der Waals surface area (Å²) in [5, 5.41) is 10.3. The zero-order valence-corrected chi connectivity index (χ0v) is 16.9. The number of nitrogens with one attached hydrogen (secondary N) is 1. The Morgan fingerprint density at radius 1 is 1.00 bits per heavy atom. The maximum atomic E-state index is 12.4. The number of likely N-dealkylation sites (N-methyl/N-ethyl adjacent to an activating group) is 1. The van der Waals surface area contributed by atoms with Gasteiger partial charge in [-0.2, -0.15) is 13.2 Å². The normalized spacial score (nSPS) is 19.5. The van der Waals surface area contributed by atoms with E-state index in [1.807, 2.05) is 7.05 Å². The highest BCUT2D eigenvalue weighted by molar-refractivity contribution is 6.34. The molecule has 2 aliphatic rings. The van der Waals surface area contributed by atoms with Gasteiger partial charge in [-0.15, -0.1) is 0 Å². The molecule has 10 nitrogen and oxygen atoms in total. The number of carboxylic acid groups (broad SMARTS) is 1. The van der Waals surface area contributed by atoms with Crippen molar-refractivity contribution < 1.29 is 42.2 Å². The lowest BCUT2D eigenvalue weighted by molar-refractivity contribution is -0.192. The first kappa shape index (κ1) is 25.5. The van der Waals surface area contributed by atoms with E-state index < -0.39 is 24.0 Å². The molecular weight excluding hydrogens is 413 g/mol. The van der Waals surface area contributed by atoms with Crippen molar-refractivity contribution in [1.29, 1.82) is 0 Å². The molecule has 1 atom stereocenters. The maximum absolute atomic E-state index is 12.4. The number of nitrogens with zero attached hydrogens (tertiary/aromatic N) is 3. The fraction of sp³-hybridized carbons (Fsp3) is 0.765. The number of carboxylic acids is 1. The van der Waals surface area contributed by atoms with Crippen molar-refractivity contribution in [1.82, 2.24) is 20.0 Å². The lowest BCUT2D eigenvalue weighted by atomic mass is 10.1. The summed E-state index contributed by atoms with van der Waals surface area (Å²) in [4.78, 5) is 50.0.